The highest BCUT2D eigenvalue weighted by molar-refractivity contribution is 5.80. The summed E-state index contributed by atoms with van der Waals surface area (Å²) < 4.78 is 0. The molecule has 2 N–H and O–H groups in total. The van der Waals surface area contributed by atoms with Crippen molar-refractivity contribution in [2.75, 3.05) is 6.54 Å². The molecule has 1 amide bonds. The van der Waals surface area contributed by atoms with E-state index in [1.165, 1.54) is 0 Å². The summed E-state index contributed by atoms with van der Waals surface area (Å²) in [5, 5.41) is 6.19. The van der Waals surface area contributed by atoms with E-state index in [0.717, 1.165) is 25.8 Å². The number of carbonyl (C=O) groups excluding carboxylic acids is 1. The van der Waals surface area contributed by atoms with Gasteiger partial charge in [0.05, 0.1) is 12.0 Å². The van der Waals surface area contributed by atoms with Gasteiger partial charge >= 0.3 is 0 Å². The first kappa shape index (κ1) is 12.1. The van der Waals surface area contributed by atoms with Gasteiger partial charge in [-0.05, 0) is 26.3 Å². The van der Waals surface area contributed by atoms with Gasteiger partial charge in [0.15, 0.2) is 0 Å². The topological polar surface area (TPSA) is 41.1 Å². The van der Waals surface area contributed by atoms with E-state index in [-0.39, 0.29) is 23.9 Å². The Balaban J connectivity index is 2.43. The van der Waals surface area contributed by atoms with Crippen molar-refractivity contribution in [2.45, 2.75) is 45.2 Å². The van der Waals surface area contributed by atoms with Crippen molar-refractivity contribution in [1.29, 1.82) is 0 Å². The maximum atomic E-state index is 11.9. The van der Waals surface area contributed by atoms with Gasteiger partial charge in [0.25, 0.3) is 0 Å². The van der Waals surface area contributed by atoms with Crippen LogP contribution in [0.2, 0.25) is 0 Å². The van der Waals surface area contributed by atoms with Crippen LogP contribution in [0.1, 0.15) is 33.1 Å². The van der Waals surface area contributed by atoms with E-state index in [2.05, 4.69) is 23.5 Å². The van der Waals surface area contributed by atoms with Crippen LogP contribution in [-0.4, -0.2) is 24.5 Å². The molecule has 0 bridgehead atoms. The fraction of sp³-hybridized carbons (Fsp3) is 0.750. The Morgan fingerprint density at radius 3 is 2.93 bits per heavy atom. The van der Waals surface area contributed by atoms with Crippen molar-refractivity contribution in [3.05, 3.63) is 0 Å². The molecule has 3 atom stereocenters. The molecule has 1 aliphatic rings. The maximum Gasteiger partial charge on any atom is 0.225 e. The molecule has 1 rings (SSSR count). The van der Waals surface area contributed by atoms with Gasteiger partial charge in [0.2, 0.25) is 5.91 Å². The molecule has 0 radical (unpaired) electrons. The van der Waals surface area contributed by atoms with Gasteiger partial charge in [0.1, 0.15) is 0 Å². The van der Waals surface area contributed by atoms with Gasteiger partial charge in [0, 0.05) is 6.04 Å². The standard InChI is InChI=1S/C12H20N2O/c1-4-6-10(5-2)14-12(15)11-7-8-13-9(11)3/h2,9-11,13H,4,6-8H2,1,3H3,(H,14,15). The summed E-state index contributed by atoms with van der Waals surface area (Å²) in [6, 6.07) is 0.167. The molecule has 1 saturated heterocycles. The second-order valence-corrected chi connectivity index (χ2v) is 4.15. The highest BCUT2D eigenvalue weighted by atomic mass is 16.2. The predicted molar refractivity (Wildman–Crippen MR) is 61.2 cm³/mol. The highest BCUT2D eigenvalue weighted by Crippen LogP contribution is 2.15. The highest BCUT2D eigenvalue weighted by Gasteiger charge is 2.29. The molecule has 1 fully saturated rings. The fourth-order valence-corrected chi connectivity index (χ4v) is 1.98. The molecule has 0 aromatic carbocycles. The Morgan fingerprint density at radius 2 is 2.47 bits per heavy atom. The minimum absolute atomic E-state index is 0.0812. The average Bonchev–Trinajstić information content (AvgIpc) is 2.63. The summed E-state index contributed by atoms with van der Waals surface area (Å²) >= 11 is 0. The lowest BCUT2D eigenvalue weighted by Crippen LogP contribution is -2.41. The lowest BCUT2D eigenvalue weighted by molar-refractivity contribution is -0.125. The van der Waals surface area contributed by atoms with E-state index in [1.807, 2.05) is 6.92 Å². The van der Waals surface area contributed by atoms with Crippen molar-refractivity contribution in [1.82, 2.24) is 10.6 Å². The van der Waals surface area contributed by atoms with E-state index >= 15 is 0 Å². The van der Waals surface area contributed by atoms with E-state index in [4.69, 9.17) is 6.42 Å². The van der Waals surface area contributed by atoms with E-state index < -0.39 is 0 Å². The first-order chi connectivity index (χ1) is 7.19. The number of carbonyl (C=O) groups is 1. The molecule has 84 valence electrons. The van der Waals surface area contributed by atoms with Crippen LogP contribution in [0.3, 0.4) is 0 Å². The van der Waals surface area contributed by atoms with Crippen LogP contribution in [0.15, 0.2) is 0 Å². The third-order valence-electron chi connectivity index (χ3n) is 2.96. The van der Waals surface area contributed by atoms with Gasteiger partial charge in [-0.1, -0.05) is 19.3 Å². The molecule has 1 heterocycles. The van der Waals surface area contributed by atoms with Gasteiger partial charge in [-0.3, -0.25) is 4.79 Å². The number of terminal acetylenes is 1. The molecule has 0 aliphatic carbocycles. The van der Waals surface area contributed by atoms with E-state index in [1.54, 1.807) is 0 Å². The number of rotatable bonds is 4. The molecule has 0 saturated carbocycles. The lowest BCUT2D eigenvalue weighted by atomic mass is 10.0. The second-order valence-electron chi connectivity index (χ2n) is 4.15. The van der Waals surface area contributed by atoms with Crippen molar-refractivity contribution >= 4 is 5.91 Å². The largest absolute Gasteiger partial charge is 0.342 e. The predicted octanol–water partition coefficient (Wildman–Crippen LogP) is 0.902. The quantitative estimate of drug-likeness (QED) is 0.674. The molecule has 1 aliphatic heterocycles. The zero-order valence-corrected chi connectivity index (χ0v) is 9.55. The minimum atomic E-state index is -0.102. The first-order valence-corrected chi connectivity index (χ1v) is 5.69. The summed E-state index contributed by atoms with van der Waals surface area (Å²) in [4.78, 5) is 11.9. The van der Waals surface area contributed by atoms with Gasteiger partial charge in [-0.2, -0.15) is 0 Å². The lowest BCUT2D eigenvalue weighted by Gasteiger charge is -2.18. The zero-order chi connectivity index (χ0) is 11.3. The maximum absolute atomic E-state index is 11.9. The summed E-state index contributed by atoms with van der Waals surface area (Å²) in [6.45, 7) is 5.03. The number of hydrogen-bond acceptors (Lipinski definition) is 2. The molecule has 3 unspecified atom stereocenters. The third-order valence-corrected chi connectivity index (χ3v) is 2.96. The van der Waals surface area contributed by atoms with Gasteiger partial charge in [-0.25, -0.2) is 0 Å². The van der Waals surface area contributed by atoms with Crippen molar-refractivity contribution in [3.63, 3.8) is 0 Å². The Morgan fingerprint density at radius 1 is 1.73 bits per heavy atom. The van der Waals surface area contributed by atoms with Gasteiger partial charge < -0.3 is 10.6 Å². The second kappa shape index (κ2) is 5.77. The molecule has 0 aromatic rings. The van der Waals surface area contributed by atoms with Crippen LogP contribution >= 0.6 is 0 Å². The molecule has 0 aromatic heterocycles. The van der Waals surface area contributed by atoms with Crippen LogP contribution in [0.4, 0.5) is 0 Å². The first-order valence-electron chi connectivity index (χ1n) is 5.69. The summed E-state index contributed by atoms with van der Waals surface area (Å²) in [5.74, 6) is 2.80. The van der Waals surface area contributed by atoms with Crippen LogP contribution in [0.5, 0.6) is 0 Å². The molecule has 3 heteroatoms. The van der Waals surface area contributed by atoms with Crippen molar-refractivity contribution in [2.24, 2.45) is 5.92 Å². The van der Waals surface area contributed by atoms with E-state index in [0.29, 0.717) is 0 Å². The monoisotopic (exact) mass is 208 g/mol. The number of nitrogens with one attached hydrogen (secondary N) is 2. The normalized spacial score (nSPS) is 27.0. The van der Waals surface area contributed by atoms with Crippen LogP contribution < -0.4 is 10.6 Å². The Bertz CT molecular complexity index is 257. The molecular weight excluding hydrogens is 188 g/mol. The molecule has 0 spiro atoms. The molecule has 15 heavy (non-hydrogen) atoms. The van der Waals surface area contributed by atoms with Crippen LogP contribution in [-0.2, 0) is 4.79 Å². The summed E-state index contributed by atoms with van der Waals surface area (Å²) in [7, 11) is 0. The Hall–Kier alpha value is -1.01. The van der Waals surface area contributed by atoms with Crippen LogP contribution in [0.25, 0.3) is 0 Å². The fourth-order valence-electron chi connectivity index (χ4n) is 1.98. The average molecular weight is 208 g/mol. The number of hydrogen-bond donors (Lipinski definition) is 2. The Kier molecular flexibility index (Phi) is 4.64. The Labute approximate surface area is 92.0 Å². The third kappa shape index (κ3) is 3.24. The SMILES string of the molecule is C#CC(CCC)NC(=O)C1CCNC1C. The van der Waals surface area contributed by atoms with Crippen LogP contribution in [0, 0.1) is 18.3 Å². The van der Waals surface area contributed by atoms with Gasteiger partial charge in [-0.15, -0.1) is 6.42 Å². The number of amides is 1. The van der Waals surface area contributed by atoms with Crippen molar-refractivity contribution in [3.8, 4) is 12.3 Å². The van der Waals surface area contributed by atoms with Crippen molar-refractivity contribution < 1.29 is 4.79 Å². The smallest absolute Gasteiger partial charge is 0.225 e. The molecular formula is C12H20N2O. The summed E-state index contributed by atoms with van der Waals surface area (Å²) in [6.07, 6.45) is 8.12. The zero-order valence-electron chi connectivity index (χ0n) is 9.55. The molecule has 3 nitrogen and oxygen atoms in total. The van der Waals surface area contributed by atoms with E-state index in [9.17, 15) is 4.79 Å². The summed E-state index contributed by atoms with van der Waals surface area (Å²) in [5.41, 5.74) is 0. The minimum Gasteiger partial charge on any atom is -0.342 e.